The van der Waals surface area contributed by atoms with Gasteiger partial charge < -0.3 is 17.2 Å². The average Bonchev–Trinajstić information content (AvgIpc) is 2.61. The predicted molar refractivity (Wildman–Crippen MR) is 107 cm³/mol. The number of carbonyl (C=O) groups is 1. The van der Waals surface area contributed by atoms with E-state index in [9.17, 15) is 4.79 Å². The Balaban J connectivity index is 2.68. The fraction of sp³-hybridized carbons (Fsp3) is 0.211. The van der Waals surface area contributed by atoms with Crippen molar-refractivity contribution in [2.45, 2.75) is 26.8 Å². The quantitative estimate of drug-likeness (QED) is 0.361. The molecule has 0 saturated heterocycles. The fourth-order valence-corrected chi connectivity index (χ4v) is 2.34. The molecule has 0 aliphatic heterocycles. The molecule has 8 heteroatoms. The lowest BCUT2D eigenvalue weighted by Crippen LogP contribution is -2.51. The summed E-state index contributed by atoms with van der Waals surface area (Å²) in [4.78, 5) is 20.3. The summed E-state index contributed by atoms with van der Waals surface area (Å²) in [6.07, 6.45) is 3.19. The zero-order valence-electron chi connectivity index (χ0n) is 15.6. The van der Waals surface area contributed by atoms with Gasteiger partial charge in [-0.05, 0) is 39.0 Å². The zero-order chi connectivity index (χ0) is 20.1. The first-order valence-electron chi connectivity index (χ1n) is 8.38. The van der Waals surface area contributed by atoms with E-state index in [1.54, 1.807) is 18.3 Å². The van der Waals surface area contributed by atoms with Gasteiger partial charge in [-0.25, -0.2) is 0 Å². The maximum absolute atomic E-state index is 11.4. The average molecular weight is 366 g/mol. The molecule has 0 aliphatic rings. The van der Waals surface area contributed by atoms with Gasteiger partial charge in [0.15, 0.2) is 0 Å². The number of aliphatic imine (C=N–C) groups is 1. The minimum atomic E-state index is -0.890. The third-order valence-electron chi connectivity index (χ3n) is 3.72. The van der Waals surface area contributed by atoms with Crippen LogP contribution in [-0.2, 0) is 4.79 Å². The van der Waals surface area contributed by atoms with Gasteiger partial charge in [-0.2, -0.15) is 9.98 Å². The van der Waals surface area contributed by atoms with E-state index in [2.05, 4.69) is 9.98 Å². The molecule has 0 bridgehead atoms. The molecule has 2 heterocycles. The third-order valence-corrected chi connectivity index (χ3v) is 3.72. The highest BCUT2D eigenvalue weighted by Crippen LogP contribution is 2.20. The molecule has 2 aromatic heterocycles. The van der Waals surface area contributed by atoms with Crippen LogP contribution in [0.5, 0.6) is 0 Å². The molecule has 0 unspecified atom stereocenters. The summed E-state index contributed by atoms with van der Waals surface area (Å²) in [7, 11) is 0. The molecular weight excluding hydrogens is 342 g/mol. The van der Waals surface area contributed by atoms with Gasteiger partial charge in [0.1, 0.15) is 0 Å². The predicted octanol–water partition coefficient (Wildman–Crippen LogP) is 0.877. The summed E-state index contributed by atoms with van der Waals surface area (Å²) in [6.45, 7) is 5.77. The standard InChI is InChI=1S/C19H23N7O/c1-11(2)24-9-14(17(21)15-6-4-5-12(3)25-15)13-7-8-16(20)26(10-13)18(22)19(23)27/h4-11,20,22H,1-3H3,(H4,21,23,24,27)/p+1. The second-order valence-electron chi connectivity index (χ2n) is 6.29. The molecule has 0 aliphatic carbocycles. The fourth-order valence-electron chi connectivity index (χ4n) is 2.34. The maximum Gasteiger partial charge on any atom is 0.325 e. The first kappa shape index (κ1) is 19.8. The molecule has 0 saturated carbocycles. The number of aromatic nitrogens is 2. The summed E-state index contributed by atoms with van der Waals surface area (Å²) in [5.41, 5.74) is 20.6. The lowest BCUT2D eigenvalue weighted by Gasteiger charge is -2.11. The van der Waals surface area contributed by atoms with Crippen molar-refractivity contribution in [1.82, 2.24) is 4.98 Å². The lowest BCUT2D eigenvalue weighted by atomic mass is 10.0. The molecule has 7 N–H and O–H groups in total. The summed E-state index contributed by atoms with van der Waals surface area (Å²) in [5, 5.41) is 7.85. The van der Waals surface area contributed by atoms with Crippen LogP contribution in [0.1, 0.15) is 30.8 Å². The van der Waals surface area contributed by atoms with E-state index in [1.807, 2.05) is 39.0 Å². The number of allylic oxidation sites excluding steroid dienone is 1. The highest BCUT2D eigenvalue weighted by atomic mass is 16.1. The van der Waals surface area contributed by atoms with Crippen LogP contribution < -0.4 is 21.8 Å². The van der Waals surface area contributed by atoms with E-state index in [4.69, 9.17) is 22.6 Å². The zero-order valence-corrected chi connectivity index (χ0v) is 15.6. The number of aryl methyl sites for hydroxylation is 1. The van der Waals surface area contributed by atoms with Crippen LogP contribution in [-0.4, -0.2) is 29.0 Å². The van der Waals surface area contributed by atoms with Gasteiger partial charge in [0.05, 0.1) is 17.6 Å². The molecule has 8 nitrogen and oxygen atoms in total. The first-order valence-corrected chi connectivity index (χ1v) is 8.38. The van der Waals surface area contributed by atoms with Crippen LogP contribution >= 0.6 is 0 Å². The van der Waals surface area contributed by atoms with Crippen molar-refractivity contribution < 1.29 is 9.36 Å². The number of amides is 1. The van der Waals surface area contributed by atoms with Crippen LogP contribution in [0.4, 0.5) is 5.82 Å². The highest BCUT2D eigenvalue weighted by molar-refractivity contribution is 6.32. The van der Waals surface area contributed by atoms with E-state index in [-0.39, 0.29) is 11.9 Å². The second-order valence-corrected chi connectivity index (χ2v) is 6.29. The number of primary amides is 1. The van der Waals surface area contributed by atoms with Crippen molar-refractivity contribution in [2.24, 2.45) is 16.5 Å². The number of carbonyl (C=O) groups excluding carboxylic acids is 1. The molecule has 27 heavy (non-hydrogen) atoms. The number of nitrogens with two attached hydrogens (primary N) is 3. The Morgan fingerprint density at radius 1 is 1.26 bits per heavy atom. The van der Waals surface area contributed by atoms with Crippen LogP contribution in [0.25, 0.3) is 11.3 Å². The Morgan fingerprint density at radius 3 is 2.56 bits per heavy atom. The molecule has 0 spiro atoms. The van der Waals surface area contributed by atoms with Crippen molar-refractivity contribution in [2.75, 3.05) is 5.73 Å². The largest absolute Gasteiger partial charge is 0.396 e. The van der Waals surface area contributed by atoms with Crippen LogP contribution in [0.3, 0.4) is 0 Å². The minimum Gasteiger partial charge on any atom is -0.396 e. The van der Waals surface area contributed by atoms with Crippen LogP contribution in [0.2, 0.25) is 0 Å². The summed E-state index contributed by atoms with van der Waals surface area (Å²) in [6, 6.07) is 8.93. The van der Waals surface area contributed by atoms with Crippen molar-refractivity contribution in [3.8, 4) is 0 Å². The Bertz CT molecular complexity index is 945. The number of hydrogen-bond acceptors (Lipinski definition) is 6. The number of nitrogens with zero attached hydrogens (tertiary/aromatic N) is 3. The van der Waals surface area contributed by atoms with Crippen LogP contribution in [0.15, 0.2) is 41.5 Å². The molecule has 140 valence electrons. The van der Waals surface area contributed by atoms with Gasteiger partial charge in [0.25, 0.3) is 0 Å². The van der Waals surface area contributed by atoms with E-state index in [1.165, 1.54) is 10.8 Å². The number of rotatable bonds is 4. The molecule has 0 fully saturated rings. The number of hydrogen-bond donors (Lipinski definition) is 4. The van der Waals surface area contributed by atoms with E-state index >= 15 is 0 Å². The number of nitrogens with one attached hydrogen (secondary N) is 1. The molecule has 1 amide bonds. The summed E-state index contributed by atoms with van der Waals surface area (Å²) < 4.78 is 1.21. The van der Waals surface area contributed by atoms with Crippen molar-refractivity contribution >= 4 is 35.0 Å². The summed E-state index contributed by atoms with van der Waals surface area (Å²) in [5.74, 6) is -1.13. The normalized spacial score (nSPS) is 12.3. The van der Waals surface area contributed by atoms with Gasteiger partial charge in [0.2, 0.25) is 5.82 Å². The number of pyridine rings is 2. The minimum absolute atomic E-state index is 0.0584. The monoisotopic (exact) mass is 366 g/mol. The summed E-state index contributed by atoms with van der Waals surface area (Å²) >= 11 is 0. The van der Waals surface area contributed by atoms with Crippen molar-refractivity contribution in [3.63, 3.8) is 0 Å². The molecule has 2 aromatic rings. The lowest BCUT2D eigenvalue weighted by molar-refractivity contribution is -0.538. The van der Waals surface area contributed by atoms with Gasteiger partial charge in [-0.1, -0.05) is 6.07 Å². The van der Waals surface area contributed by atoms with Gasteiger partial charge in [-0.15, -0.1) is 0 Å². The number of nitrogen functional groups attached to an aromatic ring is 1. The second kappa shape index (κ2) is 8.22. The Kier molecular flexibility index (Phi) is 6.02. The first-order chi connectivity index (χ1) is 12.7. The van der Waals surface area contributed by atoms with Crippen molar-refractivity contribution in [1.29, 1.82) is 5.41 Å². The molecule has 2 rings (SSSR count). The Labute approximate surface area is 157 Å². The third kappa shape index (κ3) is 4.75. The van der Waals surface area contributed by atoms with E-state index in [0.29, 0.717) is 22.5 Å². The van der Waals surface area contributed by atoms with Gasteiger partial charge in [0, 0.05) is 35.2 Å². The topological polar surface area (TPSA) is 148 Å². The molecule has 0 aromatic carbocycles. The molecule has 0 radical (unpaired) electrons. The van der Waals surface area contributed by atoms with Crippen molar-refractivity contribution in [3.05, 3.63) is 53.5 Å². The van der Waals surface area contributed by atoms with Gasteiger partial charge in [-0.3, -0.25) is 14.8 Å². The smallest absolute Gasteiger partial charge is 0.325 e. The Morgan fingerprint density at radius 2 is 1.96 bits per heavy atom. The highest BCUT2D eigenvalue weighted by Gasteiger charge is 2.19. The Hall–Kier alpha value is -3.55. The molecular formula is C19H24N7O+. The van der Waals surface area contributed by atoms with E-state index < -0.39 is 11.7 Å². The van der Waals surface area contributed by atoms with Crippen LogP contribution in [0, 0.1) is 12.3 Å². The number of anilines is 1. The maximum atomic E-state index is 11.4. The van der Waals surface area contributed by atoms with Gasteiger partial charge >= 0.3 is 11.7 Å². The SMILES string of the molecule is Cc1cccc(C(N)=C(C=NC(C)C)c2ccc(N)[n+](C(=N)C(N)=O)c2)n1. The van der Waals surface area contributed by atoms with E-state index in [0.717, 1.165) is 5.69 Å². The molecule has 0 atom stereocenters.